The van der Waals surface area contributed by atoms with Crippen molar-refractivity contribution in [1.82, 2.24) is 4.90 Å². The molecule has 0 aromatic heterocycles. The van der Waals surface area contributed by atoms with Crippen LogP contribution in [0.4, 0.5) is 4.79 Å². The molecule has 0 spiro atoms. The Kier molecular flexibility index (Phi) is 7.58. The molecule has 4 nitrogen and oxygen atoms in total. The summed E-state index contributed by atoms with van der Waals surface area (Å²) in [5.74, 6) is 0.133. The van der Waals surface area contributed by atoms with Crippen LogP contribution in [0.15, 0.2) is 91.0 Å². The topological polar surface area (TPSA) is 46.6 Å². The van der Waals surface area contributed by atoms with Crippen molar-refractivity contribution in [3.63, 3.8) is 0 Å². The summed E-state index contributed by atoms with van der Waals surface area (Å²) in [7, 11) is 0. The lowest BCUT2D eigenvalue weighted by Crippen LogP contribution is -2.34. The van der Waals surface area contributed by atoms with E-state index >= 15 is 0 Å². The van der Waals surface area contributed by atoms with Crippen LogP contribution < -0.4 is 0 Å². The molecule has 0 unspecified atom stereocenters. The molecule has 148 valence electrons. The molecule has 0 fully saturated rings. The van der Waals surface area contributed by atoms with Crippen molar-refractivity contribution in [2.75, 3.05) is 13.1 Å². The standard InChI is InChI=1S/C25H25NO3/c27-19-18-26(25(28)29-20-21-10-4-1-5-11-21)17-16-24(22-12-6-2-7-13-22)23-14-8-3-9-15-23/h1-15,19,24H,16-18,20H2. The zero-order chi connectivity index (χ0) is 20.3. The first-order chi connectivity index (χ1) is 14.3. The van der Waals surface area contributed by atoms with Crippen molar-refractivity contribution in [2.45, 2.75) is 18.9 Å². The van der Waals surface area contributed by atoms with Gasteiger partial charge in [-0.2, -0.15) is 0 Å². The van der Waals surface area contributed by atoms with Crippen LogP contribution in [0.5, 0.6) is 0 Å². The van der Waals surface area contributed by atoms with Crippen LogP contribution in [0.25, 0.3) is 0 Å². The highest BCUT2D eigenvalue weighted by atomic mass is 16.6. The van der Waals surface area contributed by atoms with Crippen molar-refractivity contribution in [3.8, 4) is 0 Å². The number of rotatable bonds is 9. The number of benzene rings is 3. The Bertz CT molecular complexity index is 842. The fourth-order valence-corrected chi connectivity index (χ4v) is 3.34. The lowest BCUT2D eigenvalue weighted by molar-refractivity contribution is -0.108. The van der Waals surface area contributed by atoms with Gasteiger partial charge in [0.15, 0.2) is 0 Å². The Balaban J connectivity index is 1.68. The van der Waals surface area contributed by atoms with Crippen LogP contribution in [0.2, 0.25) is 0 Å². The molecular weight excluding hydrogens is 362 g/mol. The van der Waals surface area contributed by atoms with Crippen molar-refractivity contribution in [2.24, 2.45) is 0 Å². The Morgan fingerprint density at radius 1 is 0.828 bits per heavy atom. The van der Waals surface area contributed by atoms with Gasteiger partial charge in [0, 0.05) is 12.5 Å². The first kappa shape index (κ1) is 20.3. The van der Waals surface area contributed by atoms with Crippen LogP contribution in [0.1, 0.15) is 29.0 Å². The number of carbonyl (C=O) groups is 2. The molecule has 0 heterocycles. The van der Waals surface area contributed by atoms with E-state index in [1.54, 1.807) is 0 Å². The average molecular weight is 387 g/mol. The Labute approximate surface area is 171 Å². The van der Waals surface area contributed by atoms with Crippen molar-refractivity contribution >= 4 is 12.4 Å². The summed E-state index contributed by atoms with van der Waals surface area (Å²) < 4.78 is 5.41. The van der Waals surface area contributed by atoms with Gasteiger partial charge in [-0.25, -0.2) is 4.79 Å². The summed E-state index contributed by atoms with van der Waals surface area (Å²) in [6, 6.07) is 29.9. The summed E-state index contributed by atoms with van der Waals surface area (Å²) in [4.78, 5) is 25.1. The molecule has 0 bridgehead atoms. The molecule has 0 N–H and O–H groups in total. The van der Waals surface area contributed by atoms with Crippen LogP contribution >= 0.6 is 0 Å². The largest absolute Gasteiger partial charge is 0.445 e. The molecule has 0 aliphatic carbocycles. The van der Waals surface area contributed by atoms with Gasteiger partial charge in [0.25, 0.3) is 0 Å². The second kappa shape index (κ2) is 10.8. The van der Waals surface area contributed by atoms with E-state index in [1.807, 2.05) is 66.7 Å². The van der Waals surface area contributed by atoms with Gasteiger partial charge in [-0.3, -0.25) is 0 Å². The Hall–Kier alpha value is -3.40. The molecule has 0 atom stereocenters. The molecule has 29 heavy (non-hydrogen) atoms. The molecular formula is C25H25NO3. The number of hydrogen-bond acceptors (Lipinski definition) is 3. The number of nitrogens with zero attached hydrogens (tertiary/aromatic N) is 1. The molecule has 0 radical (unpaired) electrons. The van der Waals surface area contributed by atoms with Crippen LogP contribution in [0.3, 0.4) is 0 Å². The summed E-state index contributed by atoms with van der Waals surface area (Å²) in [6.45, 7) is 0.639. The van der Waals surface area contributed by atoms with E-state index in [0.29, 0.717) is 13.0 Å². The quantitative estimate of drug-likeness (QED) is 0.483. The molecule has 3 aromatic carbocycles. The predicted molar refractivity (Wildman–Crippen MR) is 114 cm³/mol. The Morgan fingerprint density at radius 2 is 1.34 bits per heavy atom. The van der Waals surface area contributed by atoms with E-state index in [-0.39, 0.29) is 19.1 Å². The lowest BCUT2D eigenvalue weighted by Gasteiger charge is -2.24. The molecule has 3 rings (SSSR count). The molecule has 0 saturated heterocycles. The van der Waals surface area contributed by atoms with Crippen molar-refractivity contribution in [1.29, 1.82) is 0 Å². The fraction of sp³-hybridized carbons (Fsp3) is 0.200. The van der Waals surface area contributed by atoms with Crippen LogP contribution in [-0.2, 0) is 16.1 Å². The van der Waals surface area contributed by atoms with Gasteiger partial charge in [0.2, 0.25) is 0 Å². The highest BCUT2D eigenvalue weighted by Gasteiger charge is 2.19. The number of aldehydes is 1. The zero-order valence-electron chi connectivity index (χ0n) is 16.3. The third-order valence-electron chi connectivity index (χ3n) is 4.85. The summed E-state index contributed by atoms with van der Waals surface area (Å²) in [5, 5.41) is 0. The smallest absolute Gasteiger partial charge is 0.410 e. The minimum atomic E-state index is -0.471. The zero-order valence-corrected chi connectivity index (χ0v) is 16.3. The maximum atomic E-state index is 12.5. The second-order valence-electron chi connectivity index (χ2n) is 6.82. The molecule has 0 aliphatic rings. The maximum absolute atomic E-state index is 12.5. The molecule has 0 aliphatic heterocycles. The van der Waals surface area contributed by atoms with Gasteiger partial charge >= 0.3 is 6.09 Å². The summed E-state index contributed by atoms with van der Waals surface area (Å²) in [6.07, 6.45) is 0.965. The van der Waals surface area contributed by atoms with Gasteiger partial charge in [0.1, 0.15) is 12.9 Å². The molecule has 3 aromatic rings. The lowest BCUT2D eigenvalue weighted by atomic mass is 9.88. The number of hydrogen-bond donors (Lipinski definition) is 0. The Morgan fingerprint density at radius 3 is 1.86 bits per heavy atom. The first-order valence-electron chi connectivity index (χ1n) is 9.77. The van der Waals surface area contributed by atoms with E-state index in [1.165, 1.54) is 16.0 Å². The van der Waals surface area contributed by atoms with E-state index in [9.17, 15) is 9.59 Å². The third-order valence-corrected chi connectivity index (χ3v) is 4.85. The van der Waals surface area contributed by atoms with E-state index in [0.717, 1.165) is 11.8 Å². The van der Waals surface area contributed by atoms with Crippen LogP contribution in [-0.4, -0.2) is 30.4 Å². The highest BCUT2D eigenvalue weighted by Crippen LogP contribution is 2.28. The monoisotopic (exact) mass is 387 g/mol. The molecule has 0 saturated carbocycles. The van der Waals surface area contributed by atoms with Gasteiger partial charge in [-0.15, -0.1) is 0 Å². The average Bonchev–Trinajstić information content (AvgIpc) is 2.79. The van der Waals surface area contributed by atoms with Gasteiger partial charge < -0.3 is 14.4 Å². The van der Waals surface area contributed by atoms with Gasteiger partial charge in [-0.05, 0) is 23.1 Å². The maximum Gasteiger partial charge on any atom is 0.410 e. The summed E-state index contributed by atoms with van der Waals surface area (Å²) in [5.41, 5.74) is 3.28. The van der Waals surface area contributed by atoms with Crippen molar-refractivity contribution in [3.05, 3.63) is 108 Å². The highest BCUT2D eigenvalue weighted by molar-refractivity contribution is 5.71. The van der Waals surface area contributed by atoms with Gasteiger partial charge in [0.05, 0.1) is 6.54 Å². The fourth-order valence-electron chi connectivity index (χ4n) is 3.34. The van der Waals surface area contributed by atoms with E-state index < -0.39 is 6.09 Å². The first-order valence-corrected chi connectivity index (χ1v) is 9.77. The van der Waals surface area contributed by atoms with E-state index in [2.05, 4.69) is 24.3 Å². The van der Waals surface area contributed by atoms with Crippen LogP contribution in [0, 0.1) is 0 Å². The molecule has 4 heteroatoms. The number of amides is 1. The van der Waals surface area contributed by atoms with Crippen molar-refractivity contribution < 1.29 is 14.3 Å². The predicted octanol–water partition coefficient (Wildman–Crippen LogP) is 5.05. The normalized spacial score (nSPS) is 10.5. The SMILES string of the molecule is O=CCN(CCC(c1ccccc1)c1ccccc1)C(=O)OCc1ccccc1. The van der Waals surface area contributed by atoms with Gasteiger partial charge in [-0.1, -0.05) is 91.0 Å². The second-order valence-corrected chi connectivity index (χ2v) is 6.82. The number of ether oxygens (including phenoxy) is 1. The molecule has 1 amide bonds. The summed E-state index contributed by atoms with van der Waals surface area (Å²) >= 11 is 0. The minimum Gasteiger partial charge on any atom is -0.445 e. The van der Waals surface area contributed by atoms with E-state index in [4.69, 9.17) is 4.74 Å². The minimum absolute atomic E-state index is 0.0178. The third kappa shape index (κ3) is 6.04. The number of carbonyl (C=O) groups excluding carboxylic acids is 2.